The van der Waals surface area contributed by atoms with Crippen LogP contribution in [0.2, 0.25) is 0 Å². The number of halogens is 3. The molecule has 1 aliphatic rings. The van der Waals surface area contributed by atoms with E-state index in [9.17, 15) is 23.1 Å². The second kappa shape index (κ2) is 8.81. The number of aromatic nitrogens is 2. The Morgan fingerprint density at radius 3 is 2.59 bits per heavy atom. The molecule has 0 bridgehead atoms. The van der Waals surface area contributed by atoms with Crippen LogP contribution in [0.3, 0.4) is 0 Å². The molecule has 0 saturated carbocycles. The molecule has 8 nitrogen and oxygen atoms in total. The van der Waals surface area contributed by atoms with Gasteiger partial charge in [-0.1, -0.05) is 12.1 Å². The number of carbonyl (C=O) groups excluding carboxylic acids is 1. The van der Waals surface area contributed by atoms with Gasteiger partial charge in [0, 0.05) is 6.42 Å². The molecule has 34 heavy (non-hydrogen) atoms. The second-order valence-electron chi connectivity index (χ2n) is 7.93. The molecule has 3 aromatic rings. The smallest absolute Gasteiger partial charge is 0.410 e. The highest BCUT2D eigenvalue weighted by Gasteiger charge is 2.47. The zero-order valence-electron chi connectivity index (χ0n) is 18.6. The highest BCUT2D eigenvalue weighted by molar-refractivity contribution is 6.08. The summed E-state index contributed by atoms with van der Waals surface area (Å²) < 4.78 is 53.2. The van der Waals surface area contributed by atoms with Crippen molar-refractivity contribution in [2.24, 2.45) is 0 Å². The minimum Gasteiger partial charge on any atom is -0.506 e. The Balaban J connectivity index is 1.71. The van der Waals surface area contributed by atoms with Gasteiger partial charge in [0.05, 0.1) is 32.1 Å². The van der Waals surface area contributed by atoms with Crippen LogP contribution in [-0.2, 0) is 0 Å². The van der Waals surface area contributed by atoms with Crippen LogP contribution >= 0.6 is 0 Å². The van der Waals surface area contributed by atoms with Crippen LogP contribution in [0, 0.1) is 6.92 Å². The molecular weight excluding hydrogens is 453 g/mol. The fraction of sp³-hybridized carbons (Fsp3) is 0.304. The van der Waals surface area contributed by atoms with Crippen molar-refractivity contribution in [3.8, 4) is 17.2 Å². The number of rotatable bonds is 5. The molecule has 180 valence electrons. The first-order valence-corrected chi connectivity index (χ1v) is 10.4. The lowest BCUT2D eigenvalue weighted by Crippen LogP contribution is -2.36. The van der Waals surface area contributed by atoms with E-state index in [1.807, 2.05) is 0 Å². The molecule has 2 aromatic carbocycles. The van der Waals surface area contributed by atoms with Crippen LogP contribution in [0.25, 0.3) is 0 Å². The number of methoxy groups -OCH3 is 2. The minimum atomic E-state index is -4.60. The van der Waals surface area contributed by atoms with Gasteiger partial charge in [0.25, 0.3) is 5.91 Å². The highest BCUT2D eigenvalue weighted by Crippen LogP contribution is 2.45. The number of nitrogens with one attached hydrogen (secondary N) is 2. The van der Waals surface area contributed by atoms with Gasteiger partial charge < -0.3 is 25.2 Å². The molecule has 0 aliphatic carbocycles. The summed E-state index contributed by atoms with van der Waals surface area (Å²) in [5.41, 5.74) is 1.38. The van der Waals surface area contributed by atoms with Crippen LogP contribution in [-0.4, -0.2) is 41.2 Å². The number of nitrogens with zero attached hydrogens (tertiary/aromatic N) is 2. The monoisotopic (exact) mass is 476 g/mol. The number of phenolic OH excluding ortho intramolecular Hbond substituents is 1. The number of amides is 1. The highest BCUT2D eigenvalue weighted by atomic mass is 19.4. The maximum absolute atomic E-state index is 14.0. The van der Waals surface area contributed by atoms with E-state index in [2.05, 4.69) is 15.7 Å². The van der Waals surface area contributed by atoms with Crippen LogP contribution in [0.1, 0.15) is 40.0 Å². The summed E-state index contributed by atoms with van der Waals surface area (Å²) in [5, 5.41) is 19.5. The van der Waals surface area contributed by atoms with Gasteiger partial charge in [0.2, 0.25) is 0 Å². The first-order valence-electron chi connectivity index (χ1n) is 10.4. The van der Waals surface area contributed by atoms with Crippen molar-refractivity contribution < 1.29 is 32.5 Å². The summed E-state index contributed by atoms with van der Waals surface area (Å²) in [7, 11) is 2.90. The maximum atomic E-state index is 14.0. The summed E-state index contributed by atoms with van der Waals surface area (Å²) in [6.07, 6.45) is -3.85. The molecule has 1 aliphatic heterocycles. The van der Waals surface area contributed by atoms with Gasteiger partial charge >= 0.3 is 6.18 Å². The Kier molecular flexibility index (Phi) is 6.03. The van der Waals surface area contributed by atoms with Gasteiger partial charge in [-0.3, -0.25) is 4.79 Å². The lowest BCUT2D eigenvalue weighted by atomic mass is 9.96. The van der Waals surface area contributed by atoms with Gasteiger partial charge in [-0.05, 0) is 42.3 Å². The third kappa shape index (κ3) is 4.33. The van der Waals surface area contributed by atoms with E-state index in [-0.39, 0.29) is 29.2 Å². The van der Waals surface area contributed by atoms with E-state index in [0.29, 0.717) is 17.1 Å². The fourth-order valence-electron chi connectivity index (χ4n) is 3.96. The molecule has 11 heteroatoms. The number of hydrogen-bond acceptors (Lipinski definition) is 6. The molecule has 0 spiro atoms. The van der Waals surface area contributed by atoms with Crippen molar-refractivity contribution >= 4 is 17.4 Å². The van der Waals surface area contributed by atoms with Crippen molar-refractivity contribution in [3.63, 3.8) is 0 Å². The third-order valence-corrected chi connectivity index (χ3v) is 5.69. The number of aryl methyl sites for hydroxylation is 1. The predicted molar refractivity (Wildman–Crippen MR) is 119 cm³/mol. The lowest BCUT2D eigenvalue weighted by Gasteiger charge is -2.34. The number of hydrogen-bond donors (Lipinski definition) is 3. The number of aromatic hydroxyl groups is 1. The predicted octanol–water partition coefficient (Wildman–Crippen LogP) is 4.83. The number of alkyl halides is 3. The van der Waals surface area contributed by atoms with E-state index in [1.165, 1.54) is 20.3 Å². The molecule has 0 saturated heterocycles. The number of fused-ring (bicyclic) bond motifs is 1. The second-order valence-corrected chi connectivity index (χ2v) is 7.93. The number of phenols is 1. The van der Waals surface area contributed by atoms with Crippen LogP contribution in [0.4, 0.5) is 24.7 Å². The summed E-state index contributed by atoms with van der Waals surface area (Å²) in [4.78, 5) is 13.0. The molecule has 0 fully saturated rings. The van der Waals surface area contributed by atoms with Crippen LogP contribution < -0.4 is 20.1 Å². The molecule has 2 heterocycles. The van der Waals surface area contributed by atoms with Crippen LogP contribution in [0.15, 0.2) is 42.6 Å². The Hall–Kier alpha value is -3.89. The van der Waals surface area contributed by atoms with Gasteiger partial charge in [0.15, 0.2) is 17.5 Å². The van der Waals surface area contributed by atoms with Gasteiger partial charge in [-0.2, -0.15) is 18.3 Å². The number of carbonyl (C=O) groups is 1. The first kappa shape index (κ1) is 23.3. The van der Waals surface area contributed by atoms with Crippen molar-refractivity contribution in [2.75, 3.05) is 24.9 Å². The van der Waals surface area contributed by atoms with E-state index in [1.54, 1.807) is 37.3 Å². The van der Waals surface area contributed by atoms with Gasteiger partial charge in [-0.15, -0.1) is 0 Å². The van der Waals surface area contributed by atoms with Gasteiger partial charge in [0.1, 0.15) is 17.1 Å². The van der Waals surface area contributed by atoms with E-state index >= 15 is 0 Å². The quantitative estimate of drug-likeness (QED) is 0.457. The number of anilines is 2. The maximum Gasteiger partial charge on any atom is 0.410 e. The Morgan fingerprint density at radius 2 is 1.91 bits per heavy atom. The topological polar surface area (TPSA) is 97.6 Å². The Morgan fingerprint density at radius 1 is 1.18 bits per heavy atom. The van der Waals surface area contributed by atoms with Crippen molar-refractivity contribution in [2.45, 2.75) is 31.6 Å². The summed E-state index contributed by atoms with van der Waals surface area (Å²) in [6, 6.07) is 6.76. The van der Waals surface area contributed by atoms with Crippen molar-refractivity contribution in [3.05, 3.63) is 59.3 Å². The molecule has 1 aromatic heterocycles. The molecule has 4 rings (SSSR count). The number of benzene rings is 2. The van der Waals surface area contributed by atoms with Crippen molar-refractivity contribution in [1.29, 1.82) is 0 Å². The van der Waals surface area contributed by atoms with E-state index in [4.69, 9.17) is 9.47 Å². The average Bonchev–Trinajstić information content (AvgIpc) is 3.23. The zero-order valence-corrected chi connectivity index (χ0v) is 18.6. The Bertz CT molecular complexity index is 1230. The molecule has 2 atom stereocenters. The summed E-state index contributed by atoms with van der Waals surface area (Å²) >= 11 is 0. The molecule has 1 amide bonds. The largest absolute Gasteiger partial charge is 0.506 e. The molecular formula is C23H23F3N4O4. The third-order valence-electron chi connectivity index (χ3n) is 5.69. The fourth-order valence-corrected chi connectivity index (χ4v) is 3.96. The van der Waals surface area contributed by atoms with Crippen molar-refractivity contribution in [1.82, 2.24) is 9.78 Å². The van der Waals surface area contributed by atoms with E-state index in [0.717, 1.165) is 16.4 Å². The standard InChI is InChI=1S/C23H23F3N4O4/c1-12-4-6-17(31)16(8-12)29-22(32)14-11-27-30-20(23(24,25)26)10-15(28-21(14)30)13-5-7-18(33-2)19(9-13)34-3/h4-9,11,15,20,28,31H,10H2,1-3H3,(H,29,32)/t15-,20-/m0/s1. The minimum absolute atomic E-state index is 0.0713. The molecule has 0 unspecified atom stereocenters. The SMILES string of the molecule is COc1ccc([C@@H]2C[C@@H](C(F)(F)F)n3ncc(C(=O)Nc4cc(C)ccc4O)c3N2)cc1OC. The summed E-state index contributed by atoms with van der Waals surface area (Å²) in [6.45, 7) is 1.78. The normalized spacial score (nSPS) is 17.5. The molecule has 3 N–H and O–H groups in total. The zero-order chi connectivity index (χ0) is 24.6. The Labute approximate surface area is 193 Å². The van der Waals surface area contributed by atoms with E-state index < -0.39 is 24.2 Å². The number of ether oxygens (including phenoxy) is 2. The lowest BCUT2D eigenvalue weighted by molar-refractivity contribution is -0.173. The average molecular weight is 476 g/mol. The molecule has 0 radical (unpaired) electrons. The van der Waals surface area contributed by atoms with Gasteiger partial charge in [-0.25, -0.2) is 4.68 Å². The first-order chi connectivity index (χ1) is 16.1. The summed E-state index contributed by atoms with van der Waals surface area (Å²) in [5.74, 6) is -0.124. The van der Waals surface area contributed by atoms with Crippen LogP contribution in [0.5, 0.6) is 17.2 Å².